The number of anilines is 1. The molecule has 2 aromatic rings. The van der Waals surface area contributed by atoms with Gasteiger partial charge in [-0.05, 0) is 19.1 Å². The molecule has 0 bridgehead atoms. The Balaban J connectivity index is 2.07. The van der Waals surface area contributed by atoms with Gasteiger partial charge in [-0.2, -0.15) is 18.3 Å². The Hall–Kier alpha value is -2.72. The molecule has 27 heavy (non-hydrogen) atoms. The molecule has 1 unspecified atom stereocenters. The Labute approximate surface area is 155 Å². The molecule has 2 amide bonds. The van der Waals surface area contributed by atoms with Gasteiger partial charge in [0.05, 0.1) is 11.3 Å². The second-order valence-corrected chi connectivity index (χ2v) is 6.27. The van der Waals surface area contributed by atoms with Crippen LogP contribution in [0, 0.1) is 12.7 Å². The number of hydrogen-bond donors (Lipinski definition) is 2. The van der Waals surface area contributed by atoms with Crippen LogP contribution in [0.3, 0.4) is 0 Å². The lowest BCUT2D eigenvalue weighted by Crippen LogP contribution is -2.45. The van der Waals surface area contributed by atoms with E-state index in [2.05, 4.69) is 20.6 Å². The summed E-state index contributed by atoms with van der Waals surface area (Å²) in [5.41, 5.74) is -1.30. The topological polar surface area (TPSA) is 70.1 Å². The molecule has 3 rings (SSSR count). The molecule has 0 saturated carbocycles. The Morgan fingerprint density at radius 1 is 1.30 bits per heavy atom. The van der Waals surface area contributed by atoms with Gasteiger partial charge in [0.2, 0.25) is 5.71 Å². The van der Waals surface area contributed by atoms with Crippen molar-refractivity contribution >= 4 is 34.9 Å². The predicted octanol–water partition coefficient (Wildman–Crippen LogP) is 4.46. The minimum absolute atomic E-state index is 0.0675. The number of rotatable bonds is 2. The van der Waals surface area contributed by atoms with Crippen LogP contribution < -0.4 is 5.32 Å². The number of halogens is 5. The standard InChI is InChI=1S/C16H12ClF4N5O/c1-8-13(17)14(24-23-8)22-15(27)26(2)11(7-12(25-26)16(19,20)21)9-5-3-4-6-10(9)18/h3-7H,1-2H3,(H-,22,23,24,27)/p+1. The van der Waals surface area contributed by atoms with Crippen molar-refractivity contribution in [2.45, 2.75) is 13.1 Å². The zero-order chi connectivity index (χ0) is 20.0. The molecule has 2 heterocycles. The zero-order valence-corrected chi connectivity index (χ0v) is 14.8. The first kappa shape index (κ1) is 19.1. The van der Waals surface area contributed by atoms with E-state index in [0.717, 1.165) is 13.1 Å². The lowest BCUT2D eigenvalue weighted by molar-refractivity contribution is -0.756. The molecule has 11 heteroatoms. The summed E-state index contributed by atoms with van der Waals surface area (Å²) in [7, 11) is 1.11. The molecule has 142 valence electrons. The number of aromatic nitrogens is 2. The van der Waals surface area contributed by atoms with E-state index in [4.69, 9.17) is 11.6 Å². The number of nitrogens with one attached hydrogen (secondary N) is 2. The van der Waals surface area contributed by atoms with Gasteiger partial charge in [-0.3, -0.25) is 10.4 Å². The van der Waals surface area contributed by atoms with Crippen LogP contribution in [0.5, 0.6) is 0 Å². The second kappa shape index (κ2) is 6.46. The quantitative estimate of drug-likeness (QED) is 0.575. The third-order valence-electron chi connectivity index (χ3n) is 3.98. The molecule has 1 atom stereocenters. The lowest BCUT2D eigenvalue weighted by atomic mass is 10.1. The summed E-state index contributed by atoms with van der Waals surface area (Å²) in [5.74, 6) is -0.852. The maximum absolute atomic E-state index is 14.2. The molecule has 1 aromatic carbocycles. The van der Waals surface area contributed by atoms with E-state index in [1.807, 2.05) is 0 Å². The third-order valence-corrected chi connectivity index (χ3v) is 4.45. The fraction of sp³-hybridized carbons (Fsp3) is 0.188. The van der Waals surface area contributed by atoms with Gasteiger partial charge >= 0.3 is 12.2 Å². The smallest absolute Gasteiger partial charge is 0.279 e. The third kappa shape index (κ3) is 3.33. The highest BCUT2D eigenvalue weighted by Gasteiger charge is 2.51. The number of aryl methyl sites for hydroxylation is 1. The number of carbonyl (C=O) groups excluding carboxylic acids is 1. The summed E-state index contributed by atoms with van der Waals surface area (Å²) in [6.45, 7) is 1.60. The number of hydrogen-bond acceptors (Lipinski definition) is 3. The molecule has 1 aliphatic rings. The largest absolute Gasteiger partial charge is 0.453 e. The van der Waals surface area contributed by atoms with Gasteiger partial charge in [-0.25, -0.2) is 9.18 Å². The SMILES string of the molecule is Cc1[nH]nc(NC(=O)[N+]2(C)N=C(C(F)(F)F)C=C2c2ccccc2F)c1Cl. The molecule has 0 saturated heterocycles. The number of quaternary nitrogens is 1. The Morgan fingerprint density at radius 3 is 2.52 bits per heavy atom. The predicted molar refractivity (Wildman–Crippen MR) is 91.4 cm³/mol. The van der Waals surface area contributed by atoms with Crippen molar-refractivity contribution in [2.75, 3.05) is 12.4 Å². The van der Waals surface area contributed by atoms with Crippen LogP contribution in [0.1, 0.15) is 11.3 Å². The van der Waals surface area contributed by atoms with Crippen LogP contribution in [0.4, 0.5) is 28.2 Å². The van der Waals surface area contributed by atoms with Gasteiger partial charge in [0, 0.05) is 6.08 Å². The first-order valence-corrected chi connectivity index (χ1v) is 7.95. The minimum Gasteiger partial charge on any atom is -0.279 e. The van der Waals surface area contributed by atoms with Gasteiger partial charge in [-0.1, -0.05) is 33.4 Å². The Kier molecular flexibility index (Phi) is 4.56. The number of nitrogens with zero attached hydrogens (tertiary/aromatic N) is 3. The van der Waals surface area contributed by atoms with Gasteiger partial charge < -0.3 is 0 Å². The maximum atomic E-state index is 14.2. The van der Waals surface area contributed by atoms with Crippen LogP contribution in [0.25, 0.3) is 5.70 Å². The summed E-state index contributed by atoms with van der Waals surface area (Å²) in [5, 5.41) is 12.2. The van der Waals surface area contributed by atoms with E-state index in [0.29, 0.717) is 11.8 Å². The zero-order valence-electron chi connectivity index (χ0n) is 14.0. The van der Waals surface area contributed by atoms with E-state index in [-0.39, 0.29) is 22.1 Å². The molecule has 1 aliphatic heterocycles. The van der Waals surface area contributed by atoms with Crippen LogP contribution in [0.15, 0.2) is 35.4 Å². The molecule has 0 spiro atoms. The van der Waals surface area contributed by atoms with E-state index in [1.54, 1.807) is 6.92 Å². The Morgan fingerprint density at radius 2 is 1.96 bits per heavy atom. The van der Waals surface area contributed by atoms with Gasteiger partial charge in [0.15, 0.2) is 11.5 Å². The normalized spacial score (nSPS) is 19.7. The van der Waals surface area contributed by atoms with Gasteiger partial charge in [-0.15, -0.1) is 0 Å². The highest BCUT2D eigenvalue weighted by atomic mass is 35.5. The fourth-order valence-electron chi connectivity index (χ4n) is 2.54. The monoisotopic (exact) mass is 402 g/mol. The number of carbonyl (C=O) groups is 1. The second-order valence-electron chi connectivity index (χ2n) is 5.89. The molecule has 6 nitrogen and oxygen atoms in total. The highest BCUT2D eigenvalue weighted by molar-refractivity contribution is 6.34. The number of H-pyrrole nitrogens is 1. The van der Waals surface area contributed by atoms with Crippen molar-refractivity contribution in [1.82, 2.24) is 10.2 Å². The number of amides is 2. The first-order chi connectivity index (χ1) is 12.5. The van der Waals surface area contributed by atoms with Crippen molar-refractivity contribution in [3.63, 3.8) is 0 Å². The molecular formula is C16H13ClF4N5O+. The van der Waals surface area contributed by atoms with Crippen molar-refractivity contribution < 1.29 is 26.9 Å². The van der Waals surface area contributed by atoms with Crippen molar-refractivity contribution in [3.05, 3.63) is 52.4 Å². The van der Waals surface area contributed by atoms with Gasteiger partial charge in [0.25, 0.3) is 0 Å². The van der Waals surface area contributed by atoms with Crippen LogP contribution in [-0.4, -0.2) is 39.8 Å². The molecule has 2 N–H and O–H groups in total. The van der Waals surface area contributed by atoms with E-state index in [1.165, 1.54) is 18.2 Å². The van der Waals surface area contributed by atoms with Crippen LogP contribution in [-0.2, 0) is 0 Å². The summed E-state index contributed by atoms with van der Waals surface area (Å²) in [6, 6.07) is 4.19. The van der Waals surface area contributed by atoms with E-state index in [9.17, 15) is 22.4 Å². The summed E-state index contributed by atoms with van der Waals surface area (Å²) in [6.07, 6.45) is -4.16. The number of benzene rings is 1. The van der Waals surface area contributed by atoms with Crippen LogP contribution in [0.2, 0.25) is 5.02 Å². The van der Waals surface area contributed by atoms with E-state index >= 15 is 0 Å². The number of aromatic amines is 1. The van der Waals surface area contributed by atoms with Crippen molar-refractivity contribution in [2.24, 2.45) is 5.10 Å². The molecule has 0 radical (unpaired) electrons. The van der Waals surface area contributed by atoms with Crippen LogP contribution >= 0.6 is 11.6 Å². The molecule has 0 aliphatic carbocycles. The summed E-state index contributed by atoms with van der Waals surface area (Å²) < 4.78 is 52.6. The fourth-order valence-corrected chi connectivity index (χ4v) is 2.67. The first-order valence-electron chi connectivity index (χ1n) is 7.57. The number of alkyl halides is 3. The highest BCUT2D eigenvalue weighted by Crippen LogP contribution is 2.37. The minimum atomic E-state index is -4.81. The summed E-state index contributed by atoms with van der Waals surface area (Å²) in [4.78, 5) is 12.8. The average molecular weight is 403 g/mol. The average Bonchev–Trinajstić information content (AvgIpc) is 3.11. The Bertz CT molecular complexity index is 981. The van der Waals surface area contributed by atoms with Crippen molar-refractivity contribution in [1.29, 1.82) is 0 Å². The lowest BCUT2D eigenvalue weighted by Gasteiger charge is -2.23. The van der Waals surface area contributed by atoms with E-state index < -0.39 is 28.3 Å². The summed E-state index contributed by atoms with van der Waals surface area (Å²) >= 11 is 5.98. The number of urea groups is 1. The number of allylic oxidation sites excluding steroid dienone is 1. The van der Waals surface area contributed by atoms with Gasteiger partial charge in [0.1, 0.15) is 17.9 Å². The van der Waals surface area contributed by atoms with Crippen molar-refractivity contribution in [3.8, 4) is 0 Å². The molecular weight excluding hydrogens is 390 g/mol. The maximum Gasteiger partial charge on any atom is 0.453 e. The molecule has 0 fully saturated rings. The molecule has 1 aromatic heterocycles.